The van der Waals surface area contributed by atoms with Crippen LogP contribution in [0.5, 0.6) is 0 Å². The van der Waals surface area contributed by atoms with Gasteiger partial charge in [0.25, 0.3) is 0 Å². The number of aliphatic hydroxyl groups is 1. The van der Waals surface area contributed by atoms with Gasteiger partial charge in [0.05, 0.1) is 5.60 Å². The minimum absolute atomic E-state index is 0.189. The molecule has 0 amide bonds. The van der Waals surface area contributed by atoms with Crippen LogP contribution in [0.25, 0.3) is 0 Å². The van der Waals surface area contributed by atoms with Crippen molar-refractivity contribution in [2.45, 2.75) is 58.5 Å². The van der Waals surface area contributed by atoms with Gasteiger partial charge in [-0.3, -0.25) is 0 Å². The molecule has 4 heteroatoms. The maximum atomic E-state index is 11.2. The van der Waals surface area contributed by atoms with Crippen LogP contribution in [-0.2, 0) is 9.84 Å². The van der Waals surface area contributed by atoms with Crippen LogP contribution >= 0.6 is 0 Å². The summed E-state index contributed by atoms with van der Waals surface area (Å²) in [5.74, 6) is 1.51. The highest BCUT2D eigenvalue weighted by Crippen LogP contribution is 2.43. The van der Waals surface area contributed by atoms with E-state index < -0.39 is 15.4 Å². The van der Waals surface area contributed by atoms with Gasteiger partial charge in [0, 0.05) is 12.0 Å². The summed E-state index contributed by atoms with van der Waals surface area (Å²) < 4.78 is 22.4. The van der Waals surface area contributed by atoms with Crippen LogP contribution in [-0.4, -0.2) is 31.1 Å². The van der Waals surface area contributed by atoms with E-state index in [-0.39, 0.29) is 5.75 Å². The molecule has 3 atom stereocenters. The Hall–Kier alpha value is -0.0900. The quantitative estimate of drug-likeness (QED) is 0.840. The van der Waals surface area contributed by atoms with Gasteiger partial charge in [-0.2, -0.15) is 0 Å². The van der Waals surface area contributed by atoms with Gasteiger partial charge in [0.2, 0.25) is 0 Å². The third kappa shape index (κ3) is 4.54. The Bertz CT molecular complexity index is 361. The normalized spacial score (nSPS) is 33.9. The molecule has 3 unspecified atom stereocenters. The number of rotatable bonds is 5. The first kappa shape index (κ1) is 16.0. The van der Waals surface area contributed by atoms with Crippen LogP contribution in [0.15, 0.2) is 0 Å². The third-order valence-electron chi connectivity index (χ3n) is 4.29. The van der Waals surface area contributed by atoms with Crippen molar-refractivity contribution in [3.63, 3.8) is 0 Å². The van der Waals surface area contributed by atoms with E-state index in [4.69, 9.17) is 0 Å². The van der Waals surface area contributed by atoms with Crippen molar-refractivity contribution in [3.05, 3.63) is 0 Å². The largest absolute Gasteiger partial charge is 0.390 e. The molecule has 1 aliphatic rings. The summed E-state index contributed by atoms with van der Waals surface area (Å²) in [6.07, 6.45) is 5.52. The van der Waals surface area contributed by atoms with Gasteiger partial charge in [0.15, 0.2) is 0 Å². The fraction of sp³-hybridized carbons (Fsp3) is 1.00. The second-order valence-electron chi connectivity index (χ2n) is 6.57. The molecule has 0 aliphatic heterocycles. The molecule has 0 spiro atoms. The van der Waals surface area contributed by atoms with Crippen LogP contribution in [0.4, 0.5) is 0 Å². The second-order valence-corrected chi connectivity index (χ2v) is 8.83. The summed E-state index contributed by atoms with van der Waals surface area (Å²) in [4.78, 5) is 0. The highest BCUT2D eigenvalue weighted by atomic mass is 32.2. The van der Waals surface area contributed by atoms with Crippen molar-refractivity contribution >= 4 is 9.84 Å². The molecule has 0 radical (unpaired) electrons. The molecule has 0 bridgehead atoms. The van der Waals surface area contributed by atoms with E-state index in [2.05, 4.69) is 20.8 Å². The SMILES string of the molecule is CC1CCC(C(C)C)C(O)(CCCS(C)(=O)=O)C1. The molecule has 108 valence electrons. The Morgan fingerprint density at radius 3 is 2.44 bits per heavy atom. The van der Waals surface area contributed by atoms with E-state index in [9.17, 15) is 13.5 Å². The lowest BCUT2D eigenvalue weighted by Gasteiger charge is -2.45. The molecule has 1 saturated carbocycles. The first-order valence-corrected chi connectivity index (χ1v) is 9.10. The summed E-state index contributed by atoms with van der Waals surface area (Å²) in [6.45, 7) is 6.49. The fourth-order valence-corrected chi connectivity index (χ4v) is 4.14. The van der Waals surface area contributed by atoms with Crippen LogP contribution in [0.2, 0.25) is 0 Å². The number of hydrogen-bond acceptors (Lipinski definition) is 3. The zero-order chi connectivity index (χ0) is 14.0. The topological polar surface area (TPSA) is 54.4 Å². The Labute approximate surface area is 112 Å². The lowest BCUT2D eigenvalue weighted by Crippen LogP contribution is -2.45. The third-order valence-corrected chi connectivity index (χ3v) is 5.32. The fourth-order valence-electron chi connectivity index (χ4n) is 3.47. The smallest absolute Gasteiger partial charge is 0.147 e. The minimum atomic E-state index is -2.91. The molecule has 1 N–H and O–H groups in total. The van der Waals surface area contributed by atoms with E-state index in [0.29, 0.717) is 30.6 Å². The first-order chi connectivity index (χ1) is 8.14. The van der Waals surface area contributed by atoms with Crippen LogP contribution in [0.3, 0.4) is 0 Å². The lowest BCUT2D eigenvalue weighted by atomic mass is 9.65. The molecular weight excluding hydrogens is 248 g/mol. The van der Waals surface area contributed by atoms with Gasteiger partial charge in [-0.15, -0.1) is 0 Å². The van der Waals surface area contributed by atoms with Crippen LogP contribution in [0, 0.1) is 17.8 Å². The standard InChI is InChI=1S/C14H28O3S/c1-11(2)13-7-6-12(3)10-14(13,15)8-5-9-18(4,16)17/h11-13,15H,5-10H2,1-4H3. The van der Waals surface area contributed by atoms with Crippen LogP contribution < -0.4 is 0 Å². The predicted molar refractivity (Wildman–Crippen MR) is 75.2 cm³/mol. The molecule has 0 saturated heterocycles. The number of sulfone groups is 1. The summed E-state index contributed by atoms with van der Waals surface area (Å²) in [5, 5.41) is 10.9. The van der Waals surface area contributed by atoms with Gasteiger partial charge < -0.3 is 5.11 Å². The Balaban J connectivity index is 2.66. The monoisotopic (exact) mass is 276 g/mol. The summed E-state index contributed by atoms with van der Waals surface area (Å²) >= 11 is 0. The van der Waals surface area contributed by atoms with Crippen molar-refractivity contribution in [1.29, 1.82) is 0 Å². The number of hydrogen-bond donors (Lipinski definition) is 1. The molecular formula is C14H28O3S. The zero-order valence-electron chi connectivity index (χ0n) is 12.1. The molecule has 1 fully saturated rings. The van der Waals surface area contributed by atoms with Gasteiger partial charge >= 0.3 is 0 Å². The molecule has 3 nitrogen and oxygen atoms in total. The molecule has 0 aromatic rings. The lowest BCUT2D eigenvalue weighted by molar-refractivity contribution is -0.0859. The molecule has 0 aromatic heterocycles. The maximum Gasteiger partial charge on any atom is 0.147 e. The summed E-state index contributed by atoms with van der Waals surface area (Å²) in [7, 11) is -2.91. The Kier molecular flexibility index (Phi) is 5.24. The summed E-state index contributed by atoms with van der Waals surface area (Å²) in [6, 6.07) is 0. The van der Waals surface area contributed by atoms with Crippen molar-refractivity contribution in [1.82, 2.24) is 0 Å². The average molecular weight is 276 g/mol. The molecule has 18 heavy (non-hydrogen) atoms. The van der Waals surface area contributed by atoms with Gasteiger partial charge in [-0.25, -0.2) is 8.42 Å². The molecule has 0 heterocycles. The van der Waals surface area contributed by atoms with Crippen molar-refractivity contribution in [2.24, 2.45) is 17.8 Å². The van der Waals surface area contributed by atoms with E-state index in [0.717, 1.165) is 12.8 Å². The zero-order valence-corrected chi connectivity index (χ0v) is 13.0. The maximum absolute atomic E-state index is 11.2. The highest BCUT2D eigenvalue weighted by molar-refractivity contribution is 7.90. The summed E-state index contributed by atoms with van der Waals surface area (Å²) in [5.41, 5.74) is -0.656. The molecule has 1 aliphatic carbocycles. The van der Waals surface area contributed by atoms with Crippen molar-refractivity contribution in [2.75, 3.05) is 12.0 Å². The van der Waals surface area contributed by atoms with Crippen LogP contribution in [0.1, 0.15) is 52.9 Å². The van der Waals surface area contributed by atoms with Gasteiger partial charge in [-0.1, -0.05) is 27.2 Å². The average Bonchev–Trinajstić information content (AvgIpc) is 2.13. The second kappa shape index (κ2) is 5.91. The van der Waals surface area contributed by atoms with Gasteiger partial charge in [-0.05, 0) is 43.4 Å². The van der Waals surface area contributed by atoms with Crippen molar-refractivity contribution in [3.8, 4) is 0 Å². The van der Waals surface area contributed by atoms with E-state index in [1.807, 2.05) is 0 Å². The predicted octanol–water partition coefficient (Wildman–Crippen LogP) is 2.63. The van der Waals surface area contributed by atoms with E-state index in [1.54, 1.807) is 0 Å². The molecule has 0 aromatic carbocycles. The van der Waals surface area contributed by atoms with E-state index in [1.165, 1.54) is 12.7 Å². The Morgan fingerprint density at radius 2 is 1.94 bits per heavy atom. The Morgan fingerprint density at radius 1 is 1.33 bits per heavy atom. The molecule has 1 rings (SSSR count). The minimum Gasteiger partial charge on any atom is -0.390 e. The van der Waals surface area contributed by atoms with Crippen molar-refractivity contribution < 1.29 is 13.5 Å². The highest BCUT2D eigenvalue weighted by Gasteiger charge is 2.42. The first-order valence-electron chi connectivity index (χ1n) is 7.04. The van der Waals surface area contributed by atoms with E-state index >= 15 is 0 Å². The van der Waals surface area contributed by atoms with Gasteiger partial charge in [0.1, 0.15) is 9.84 Å².